The predicted octanol–water partition coefficient (Wildman–Crippen LogP) is 1.16. The van der Waals surface area contributed by atoms with Crippen LogP contribution in [-0.2, 0) is 26.1 Å². The fourth-order valence-electron chi connectivity index (χ4n) is 3.33. The maximum atomic E-state index is 12.5. The summed E-state index contributed by atoms with van der Waals surface area (Å²) in [5, 5.41) is 21.0. The van der Waals surface area contributed by atoms with Crippen LogP contribution >= 0.6 is 11.6 Å². The first kappa shape index (κ1) is 23.6. The molecular formula is C21H25ClN2O6S. The summed E-state index contributed by atoms with van der Waals surface area (Å²) in [6.07, 6.45) is -4.70. The van der Waals surface area contributed by atoms with Gasteiger partial charge in [-0.05, 0) is 29.8 Å². The molecule has 1 aliphatic rings. The fraction of sp³-hybridized carbons (Fsp3) is 0.381. The number of amides is 1. The Labute approximate surface area is 186 Å². The number of rotatable bonds is 8. The van der Waals surface area contributed by atoms with Crippen LogP contribution in [0.3, 0.4) is 0 Å². The molecule has 2 aromatic rings. The van der Waals surface area contributed by atoms with Crippen molar-refractivity contribution < 1.29 is 28.2 Å². The van der Waals surface area contributed by atoms with E-state index in [1.165, 1.54) is 29.2 Å². The third kappa shape index (κ3) is 6.03. The van der Waals surface area contributed by atoms with E-state index in [-0.39, 0.29) is 23.8 Å². The first-order valence-corrected chi connectivity index (χ1v) is 11.6. The molecule has 0 spiro atoms. The lowest BCUT2D eigenvalue weighted by Gasteiger charge is -2.21. The van der Waals surface area contributed by atoms with E-state index in [1.54, 1.807) is 7.05 Å². The number of carbonyl (C=O) groups is 1. The second kappa shape index (κ2) is 10.1. The van der Waals surface area contributed by atoms with Crippen LogP contribution in [0.1, 0.15) is 12.0 Å². The first-order chi connectivity index (χ1) is 14.7. The number of hydrogen-bond acceptors (Lipinski definition) is 6. The lowest BCUT2D eigenvalue weighted by Crippen LogP contribution is -2.40. The molecule has 31 heavy (non-hydrogen) atoms. The molecule has 1 aliphatic heterocycles. The summed E-state index contributed by atoms with van der Waals surface area (Å²) in [5.41, 5.74) is 0.959. The molecule has 1 saturated heterocycles. The van der Waals surface area contributed by atoms with Crippen molar-refractivity contribution in [2.75, 3.05) is 13.6 Å². The largest absolute Gasteiger partial charge is 0.388 e. The standard InChI is InChI=1S/C21H25ClN2O6S/c1-24(13-14-5-3-2-4-6-14)19(25)11-17-20(26)21(27)18(30-17)12-23-31(28,29)16-9-7-15(22)8-10-16/h2-10,17-18,20-21,23,26-27H,11-13H2,1H3/t17-,18+,20-,21+/m0/s1. The van der Waals surface area contributed by atoms with E-state index in [4.69, 9.17) is 16.3 Å². The Morgan fingerprint density at radius 1 is 1.06 bits per heavy atom. The van der Waals surface area contributed by atoms with Crippen LogP contribution in [-0.4, -0.2) is 67.4 Å². The summed E-state index contributed by atoms with van der Waals surface area (Å²) in [5.74, 6) is -0.262. The average Bonchev–Trinajstić information content (AvgIpc) is 3.01. The third-order valence-electron chi connectivity index (χ3n) is 5.12. The van der Waals surface area contributed by atoms with Gasteiger partial charge in [0.25, 0.3) is 0 Å². The summed E-state index contributed by atoms with van der Waals surface area (Å²) in [6, 6.07) is 15.1. The molecule has 168 valence electrons. The van der Waals surface area contributed by atoms with E-state index in [0.717, 1.165) is 5.56 Å². The van der Waals surface area contributed by atoms with Crippen LogP contribution in [0.5, 0.6) is 0 Å². The predicted molar refractivity (Wildman–Crippen MR) is 115 cm³/mol. The highest BCUT2D eigenvalue weighted by Gasteiger charge is 2.43. The van der Waals surface area contributed by atoms with E-state index >= 15 is 0 Å². The maximum absolute atomic E-state index is 12.5. The molecule has 1 fully saturated rings. The highest BCUT2D eigenvalue weighted by Crippen LogP contribution is 2.25. The van der Waals surface area contributed by atoms with E-state index in [0.29, 0.717) is 11.6 Å². The van der Waals surface area contributed by atoms with Gasteiger partial charge in [0.15, 0.2) is 0 Å². The minimum Gasteiger partial charge on any atom is -0.388 e. The number of hydrogen-bond donors (Lipinski definition) is 3. The minimum absolute atomic E-state index is 0.0131. The molecule has 0 aliphatic carbocycles. The Morgan fingerprint density at radius 2 is 1.68 bits per heavy atom. The van der Waals surface area contributed by atoms with Gasteiger partial charge >= 0.3 is 0 Å². The molecule has 3 rings (SSSR count). The molecule has 10 heteroatoms. The van der Waals surface area contributed by atoms with Gasteiger partial charge in [0.1, 0.15) is 18.3 Å². The molecule has 0 saturated carbocycles. The summed E-state index contributed by atoms with van der Waals surface area (Å²) in [7, 11) is -2.21. The van der Waals surface area contributed by atoms with Gasteiger partial charge in [-0.1, -0.05) is 41.9 Å². The van der Waals surface area contributed by atoms with Crippen molar-refractivity contribution in [2.24, 2.45) is 0 Å². The number of halogens is 1. The minimum atomic E-state index is -3.85. The van der Waals surface area contributed by atoms with Crippen molar-refractivity contribution in [3.05, 3.63) is 65.2 Å². The Balaban J connectivity index is 1.55. The zero-order valence-electron chi connectivity index (χ0n) is 16.9. The first-order valence-electron chi connectivity index (χ1n) is 9.72. The Hall–Kier alpha value is -2.01. The molecule has 2 aromatic carbocycles. The lowest BCUT2D eigenvalue weighted by molar-refractivity contribution is -0.134. The number of benzene rings is 2. The zero-order valence-corrected chi connectivity index (χ0v) is 18.5. The summed E-state index contributed by atoms with van der Waals surface area (Å²) in [4.78, 5) is 14.0. The van der Waals surface area contributed by atoms with Gasteiger partial charge in [-0.2, -0.15) is 0 Å². The highest BCUT2D eigenvalue weighted by molar-refractivity contribution is 7.89. The van der Waals surface area contributed by atoms with Crippen molar-refractivity contribution in [1.29, 1.82) is 0 Å². The normalized spacial score (nSPS) is 23.6. The average molecular weight is 469 g/mol. The van der Waals surface area contributed by atoms with Crippen molar-refractivity contribution >= 4 is 27.5 Å². The van der Waals surface area contributed by atoms with Crippen LogP contribution in [0.25, 0.3) is 0 Å². The summed E-state index contributed by atoms with van der Waals surface area (Å²) in [6.45, 7) is 0.142. The van der Waals surface area contributed by atoms with Crippen LogP contribution in [0, 0.1) is 0 Å². The number of sulfonamides is 1. The number of nitrogens with one attached hydrogen (secondary N) is 1. The smallest absolute Gasteiger partial charge is 0.240 e. The Bertz CT molecular complexity index is 987. The van der Waals surface area contributed by atoms with Crippen LogP contribution in [0.2, 0.25) is 5.02 Å². The van der Waals surface area contributed by atoms with Gasteiger partial charge in [0.2, 0.25) is 15.9 Å². The molecule has 1 amide bonds. The molecule has 0 bridgehead atoms. The SMILES string of the molecule is CN(Cc1ccccc1)C(=O)C[C@@H]1O[C@H](CNS(=O)(=O)c2ccc(Cl)cc2)[C@@H](O)[C@H]1O. The zero-order chi connectivity index (χ0) is 22.6. The number of aliphatic hydroxyl groups excluding tert-OH is 2. The highest BCUT2D eigenvalue weighted by atomic mass is 35.5. The van der Waals surface area contributed by atoms with Crippen molar-refractivity contribution in [3.63, 3.8) is 0 Å². The van der Waals surface area contributed by atoms with Gasteiger partial charge in [0.05, 0.1) is 17.4 Å². The molecule has 0 radical (unpaired) electrons. The van der Waals surface area contributed by atoms with Crippen LogP contribution in [0.4, 0.5) is 0 Å². The number of ether oxygens (including phenoxy) is 1. The van der Waals surface area contributed by atoms with Gasteiger partial charge in [-0.15, -0.1) is 0 Å². The Morgan fingerprint density at radius 3 is 2.32 bits per heavy atom. The Kier molecular flexibility index (Phi) is 7.68. The van der Waals surface area contributed by atoms with E-state index in [1.807, 2.05) is 30.3 Å². The molecular weight excluding hydrogens is 444 g/mol. The van der Waals surface area contributed by atoms with Gasteiger partial charge < -0.3 is 19.8 Å². The summed E-state index contributed by atoms with van der Waals surface area (Å²) >= 11 is 5.78. The monoisotopic (exact) mass is 468 g/mol. The second-order valence-electron chi connectivity index (χ2n) is 7.44. The topological polar surface area (TPSA) is 116 Å². The number of nitrogens with zero attached hydrogens (tertiary/aromatic N) is 1. The molecule has 3 N–H and O–H groups in total. The molecule has 0 aromatic heterocycles. The quantitative estimate of drug-likeness (QED) is 0.535. The maximum Gasteiger partial charge on any atom is 0.240 e. The van der Waals surface area contributed by atoms with Gasteiger partial charge in [-0.25, -0.2) is 13.1 Å². The van der Waals surface area contributed by atoms with Crippen molar-refractivity contribution in [3.8, 4) is 0 Å². The van der Waals surface area contributed by atoms with Crippen LogP contribution < -0.4 is 4.72 Å². The number of aliphatic hydroxyl groups is 2. The van der Waals surface area contributed by atoms with Crippen molar-refractivity contribution in [1.82, 2.24) is 9.62 Å². The molecule has 1 heterocycles. The fourth-order valence-corrected chi connectivity index (χ4v) is 4.50. The summed E-state index contributed by atoms with van der Waals surface area (Å²) < 4.78 is 32.8. The molecule has 8 nitrogen and oxygen atoms in total. The van der Waals surface area contributed by atoms with E-state index in [2.05, 4.69) is 4.72 Å². The van der Waals surface area contributed by atoms with Crippen LogP contribution in [0.15, 0.2) is 59.5 Å². The van der Waals surface area contributed by atoms with Gasteiger partial charge in [0, 0.05) is 25.2 Å². The van der Waals surface area contributed by atoms with Gasteiger partial charge in [-0.3, -0.25) is 4.79 Å². The third-order valence-corrected chi connectivity index (χ3v) is 6.82. The number of carbonyl (C=O) groups excluding carboxylic acids is 1. The lowest BCUT2D eigenvalue weighted by atomic mass is 10.1. The van der Waals surface area contributed by atoms with E-state index in [9.17, 15) is 23.4 Å². The second-order valence-corrected chi connectivity index (χ2v) is 9.64. The molecule has 4 atom stereocenters. The van der Waals surface area contributed by atoms with E-state index < -0.39 is 34.4 Å². The molecule has 0 unspecified atom stereocenters. The van der Waals surface area contributed by atoms with Crippen molar-refractivity contribution in [2.45, 2.75) is 42.3 Å².